The number of nitrogens with zero attached hydrogens (tertiary/aromatic N) is 1. The largest absolute Gasteiger partial charge is 0.385 e. The molecule has 6 nitrogen and oxygen atoms in total. The number of amides is 2. The molecule has 0 heterocycles. The number of carbonyl (C=O) groups is 2. The monoisotopic (exact) mass is 355 g/mol. The van der Waals surface area contributed by atoms with E-state index in [-0.39, 0.29) is 24.9 Å². The van der Waals surface area contributed by atoms with Crippen LogP contribution in [0.15, 0.2) is 24.3 Å². The third kappa shape index (κ3) is 8.86. The van der Waals surface area contributed by atoms with Crippen molar-refractivity contribution in [1.82, 2.24) is 15.5 Å². The van der Waals surface area contributed by atoms with Crippen molar-refractivity contribution in [3.8, 4) is 0 Å². The minimum Gasteiger partial charge on any atom is -0.385 e. The molecule has 1 aromatic carbocycles. The molecule has 2 amide bonds. The lowest BCUT2D eigenvalue weighted by Crippen LogP contribution is -2.42. The SMILES string of the molecule is CCN(CC(=O)NCCCOC)CC(=O)NCc1ccc(Cl)cc1. The molecule has 0 aliphatic carbocycles. The van der Waals surface area contributed by atoms with Gasteiger partial charge in [-0.1, -0.05) is 30.7 Å². The number of benzene rings is 1. The Bertz CT molecular complexity index is 508. The molecule has 0 unspecified atom stereocenters. The molecule has 0 aliphatic heterocycles. The highest BCUT2D eigenvalue weighted by Crippen LogP contribution is 2.09. The van der Waals surface area contributed by atoms with Gasteiger partial charge in [0.15, 0.2) is 0 Å². The first-order chi connectivity index (χ1) is 11.5. The number of hydrogen-bond acceptors (Lipinski definition) is 4. The van der Waals surface area contributed by atoms with Crippen LogP contribution in [0, 0.1) is 0 Å². The highest BCUT2D eigenvalue weighted by atomic mass is 35.5. The fourth-order valence-electron chi connectivity index (χ4n) is 2.04. The predicted molar refractivity (Wildman–Crippen MR) is 94.9 cm³/mol. The maximum absolute atomic E-state index is 12.0. The summed E-state index contributed by atoms with van der Waals surface area (Å²) >= 11 is 5.83. The number of hydrogen-bond donors (Lipinski definition) is 2. The number of nitrogens with one attached hydrogen (secondary N) is 2. The van der Waals surface area contributed by atoms with Crippen molar-refractivity contribution in [2.24, 2.45) is 0 Å². The highest BCUT2D eigenvalue weighted by Gasteiger charge is 2.12. The third-order valence-electron chi connectivity index (χ3n) is 3.43. The van der Waals surface area contributed by atoms with E-state index >= 15 is 0 Å². The second-order valence-corrected chi connectivity index (χ2v) is 5.84. The second kappa shape index (κ2) is 11.8. The van der Waals surface area contributed by atoms with Crippen molar-refractivity contribution >= 4 is 23.4 Å². The van der Waals surface area contributed by atoms with Crippen LogP contribution in [0.3, 0.4) is 0 Å². The lowest BCUT2D eigenvalue weighted by molar-refractivity contribution is -0.125. The summed E-state index contributed by atoms with van der Waals surface area (Å²) in [6.07, 6.45) is 0.774. The molecule has 0 fully saturated rings. The first-order valence-electron chi connectivity index (χ1n) is 8.04. The molecule has 134 valence electrons. The summed E-state index contributed by atoms with van der Waals surface area (Å²) in [5.41, 5.74) is 0.978. The van der Waals surface area contributed by atoms with E-state index in [0.717, 1.165) is 12.0 Å². The summed E-state index contributed by atoms with van der Waals surface area (Å²) < 4.78 is 4.93. The van der Waals surface area contributed by atoms with Crippen molar-refractivity contribution in [2.45, 2.75) is 19.9 Å². The maximum atomic E-state index is 12.0. The summed E-state index contributed by atoms with van der Waals surface area (Å²) in [6, 6.07) is 7.31. The Kier molecular flexibility index (Phi) is 10.1. The van der Waals surface area contributed by atoms with E-state index in [2.05, 4.69) is 10.6 Å². The maximum Gasteiger partial charge on any atom is 0.234 e. The molecule has 0 bridgehead atoms. The Hall–Kier alpha value is -1.63. The number of likely N-dealkylation sites (N-methyl/N-ethyl adjacent to an activating group) is 1. The fourth-order valence-corrected chi connectivity index (χ4v) is 2.17. The molecule has 0 saturated heterocycles. The minimum atomic E-state index is -0.112. The van der Waals surface area contributed by atoms with E-state index in [9.17, 15) is 9.59 Å². The molecule has 7 heteroatoms. The quantitative estimate of drug-likeness (QED) is 0.589. The van der Waals surface area contributed by atoms with Crippen molar-refractivity contribution in [3.63, 3.8) is 0 Å². The lowest BCUT2D eigenvalue weighted by atomic mass is 10.2. The molecule has 0 spiro atoms. The van der Waals surface area contributed by atoms with Crippen LogP contribution < -0.4 is 10.6 Å². The average molecular weight is 356 g/mol. The summed E-state index contributed by atoms with van der Waals surface area (Å²) in [4.78, 5) is 25.6. The smallest absolute Gasteiger partial charge is 0.234 e. The van der Waals surface area contributed by atoms with Crippen molar-refractivity contribution < 1.29 is 14.3 Å². The zero-order chi connectivity index (χ0) is 17.8. The second-order valence-electron chi connectivity index (χ2n) is 5.40. The average Bonchev–Trinajstić information content (AvgIpc) is 2.57. The van der Waals surface area contributed by atoms with Gasteiger partial charge in [-0.25, -0.2) is 0 Å². The summed E-state index contributed by atoms with van der Waals surface area (Å²) in [6.45, 7) is 4.58. The Balaban J connectivity index is 2.28. The van der Waals surface area contributed by atoms with Gasteiger partial charge in [-0.2, -0.15) is 0 Å². The van der Waals surface area contributed by atoms with Gasteiger partial charge < -0.3 is 15.4 Å². The van der Waals surface area contributed by atoms with E-state index in [0.29, 0.717) is 31.3 Å². The van der Waals surface area contributed by atoms with Crippen molar-refractivity contribution in [2.75, 3.05) is 39.9 Å². The third-order valence-corrected chi connectivity index (χ3v) is 3.68. The fraction of sp³-hybridized carbons (Fsp3) is 0.529. The number of carbonyl (C=O) groups excluding carboxylic acids is 2. The number of methoxy groups -OCH3 is 1. The van der Waals surface area contributed by atoms with Gasteiger partial charge in [0.2, 0.25) is 11.8 Å². The molecule has 0 aromatic heterocycles. The first-order valence-corrected chi connectivity index (χ1v) is 8.42. The van der Waals surface area contributed by atoms with Crippen molar-refractivity contribution in [1.29, 1.82) is 0 Å². The van der Waals surface area contributed by atoms with Gasteiger partial charge >= 0.3 is 0 Å². The Morgan fingerprint density at radius 3 is 2.33 bits per heavy atom. The molecule has 1 rings (SSSR count). The van der Waals surface area contributed by atoms with Gasteiger partial charge in [0.25, 0.3) is 0 Å². The highest BCUT2D eigenvalue weighted by molar-refractivity contribution is 6.30. The summed E-state index contributed by atoms with van der Waals surface area (Å²) in [5.74, 6) is -0.197. The van der Waals surface area contributed by atoms with Gasteiger partial charge in [0, 0.05) is 31.8 Å². The summed E-state index contributed by atoms with van der Waals surface area (Å²) in [7, 11) is 1.63. The topological polar surface area (TPSA) is 70.7 Å². The minimum absolute atomic E-state index is 0.0848. The zero-order valence-corrected chi connectivity index (χ0v) is 15.1. The molecule has 1 aromatic rings. The van der Waals surface area contributed by atoms with E-state index in [4.69, 9.17) is 16.3 Å². The molecule has 0 atom stereocenters. The van der Waals surface area contributed by atoms with Crippen molar-refractivity contribution in [3.05, 3.63) is 34.9 Å². The number of halogens is 1. The van der Waals surface area contributed by atoms with Gasteiger partial charge in [-0.15, -0.1) is 0 Å². The van der Waals surface area contributed by atoms with Gasteiger partial charge in [-0.3, -0.25) is 14.5 Å². The molecule has 24 heavy (non-hydrogen) atoms. The van der Waals surface area contributed by atoms with Crippen LogP contribution in [-0.2, 0) is 20.9 Å². The van der Waals surface area contributed by atoms with Gasteiger partial charge in [-0.05, 0) is 30.7 Å². The molecule has 0 radical (unpaired) electrons. The van der Waals surface area contributed by atoms with Crippen LogP contribution in [0.1, 0.15) is 18.9 Å². The van der Waals surface area contributed by atoms with E-state index in [1.807, 2.05) is 19.1 Å². The van der Waals surface area contributed by atoms with Crippen LogP contribution in [0.5, 0.6) is 0 Å². The Morgan fingerprint density at radius 1 is 1.12 bits per heavy atom. The van der Waals surface area contributed by atoms with E-state index < -0.39 is 0 Å². The zero-order valence-electron chi connectivity index (χ0n) is 14.3. The molecule has 0 saturated carbocycles. The van der Waals surface area contributed by atoms with E-state index in [1.165, 1.54) is 0 Å². The van der Waals surface area contributed by atoms with E-state index in [1.54, 1.807) is 24.1 Å². The molecular formula is C17H26ClN3O3. The van der Waals surface area contributed by atoms with Crippen LogP contribution in [0.2, 0.25) is 5.02 Å². The predicted octanol–water partition coefficient (Wildman–Crippen LogP) is 1.43. The van der Waals surface area contributed by atoms with Crippen LogP contribution in [0.25, 0.3) is 0 Å². The van der Waals surface area contributed by atoms with Gasteiger partial charge in [0.1, 0.15) is 0 Å². The molecule has 2 N–H and O–H groups in total. The summed E-state index contributed by atoms with van der Waals surface area (Å²) in [5, 5.41) is 6.32. The van der Waals surface area contributed by atoms with Crippen LogP contribution in [0.4, 0.5) is 0 Å². The lowest BCUT2D eigenvalue weighted by Gasteiger charge is -2.19. The first kappa shape index (κ1) is 20.4. The number of ether oxygens (including phenoxy) is 1. The van der Waals surface area contributed by atoms with Crippen LogP contribution in [-0.4, -0.2) is 56.6 Å². The van der Waals surface area contributed by atoms with Crippen LogP contribution >= 0.6 is 11.6 Å². The number of rotatable bonds is 11. The standard InChI is InChI=1S/C17H26ClN3O3/c1-3-21(12-16(22)19-9-4-10-24-2)13-17(23)20-11-14-5-7-15(18)8-6-14/h5-8H,3-4,9-13H2,1-2H3,(H,19,22)(H,20,23). The Morgan fingerprint density at radius 2 is 1.75 bits per heavy atom. The molecule has 0 aliphatic rings. The van der Waals surface area contributed by atoms with Gasteiger partial charge in [0.05, 0.1) is 13.1 Å². The Labute approximate surface area is 148 Å². The molecular weight excluding hydrogens is 330 g/mol. The normalized spacial score (nSPS) is 10.7.